The van der Waals surface area contributed by atoms with Crippen LogP contribution in [-0.2, 0) is 0 Å². The van der Waals surface area contributed by atoms with E-state index in [4.69, 9.17) is 0 Å². The van der Waals surface area contributed by atoms with Crippen molar-refractivity contribution in [2.75, 3.05) is 55.2 Å². The molecule has 0 aliphatic heterocycles. The molecule has 1 aromatic carbocycles. The zero-order valence-corrected chi connectivity index (χ0v) is 17.8. The maximum absolute atomic E-state index is 4.42. The lowest BCUT2D eigenvalue weighted by Crippen LogP contribution is -2.26. The predicted octanol–water partition coefficient (Wildman–Crippen LogP) is 3.90. The molecule has 0 spiro atoms. The summed E-state index contributed by atoms with van der Waals surface area (Å²) in [5.74, 6) is 1.58. The molecule has 0 saturated heterocycles. The Morgan fingerprint density at radius 2 is 1.50 bits per heavy atom. The van der Waals surface area contributed by atoms with Gasteiger partial charge in [-0.2, -0.15) is 15.0 Å². The van der Waals surface area contributed by atoms with Crippen LogP contribution in [0.2, 0.25) is 0 Å². The summed E-state index contributed by atoms with van der Waals surface area (Å²) in [5, 5.41) is 9.51. The van der Waals surface area contributed by atoms with E-state index < -0.39 is 0 Å². The highest BCUT2D eigenvalue weighted by molar-refractivity contribution is 5.48. The minimum atomic E-state index is 0.514. The lowest BCUT2D eigenvalue weighted by molar-refractivity contribution is 0.318. The highest BCUT2D eigenvalue weighted by atomic mass is 15.3. The predicted molar refractivity (Wildman–Crippen MR) is 128 cm³/mol. The molecular weight excluding hydrogens is 374 g/mol. The first-order valence-electron chi connectivity index (χ1n) is 10.4. The molecule has 7 nitrogen and oxygen atoms in total. The van der Waals surface area contributed by atoms with Crippen LogP contribution in [0.15, 0.2) is 61.7 Å². The van der Waals surface area contributed by atoms with E-state index in [9.17, 15) is 0 Å². The summed E-state index contributed by atoms with van der Waals surface area (Å²) in [6, 6.07) is 10.4. The van der Waals surface area contributed by atoms with E-state index in [0.29, 0.717) is 30.9 Å². The Morgan fingerprint density at radius 1 is 0.900 bits per heavy atom. The highest BCUT2D eigenvalue weighted by Crippen LogP contribution is 2.09. The normalized spacial score (nSPS) is 10.9. The molecule has 0 aliphatic carbocycles. The molecule has 7 heteroatoms. The number of hydrogen-bond donors (Lipinski definition) is 3. The number of likely N-dealkylation sites (N-methyl/N-ethyl adjacent to an activating group) is 1. The van der Waals surface area contributed by atoms with Gasteiger partial charge in [0.1, 0.15) is 0 Å². The lowest BCUT2D eigenvalue weighted by atomic mass is 10.2. The Bertz CT molecular complexity index is 759. The Labute approximate surface area is 180 Å². The summed E-state index contributed by atoms with van der Waals surface area (Å²) in [5.41, 5.74) is 1.23. The molecule has 3 N–H and O–H groups in total. The van der Waals surface area contributed by atoms with Crippen molar-refractivity contribution in [1.82, 2.24) is 19.9 Å². The van der Waals surface area contributed by atoms with Gasteiger partial charge in [-0.25, -0.2) is 0 Å². The largest absolute Gasteiger partial charge is 0.354 e. The molecule has 0 radical (unpaired) electrons. The van der Waals surface area contributed by atoms with Crippen LogP contribution in [0.3, 0.4) is 0 Å². The second-order valence-corrected chi connectivity index (χ2v) is 6.63. The number of anilines is 3. The SMILES string of the molecule is C=CCNc1nc(NCC=C)nc(NCCCN(CC)CC=Cc2ccccc2)n1. The van der Waals surface area contributed by atoms with Gasteiger partial charge >= 0.3 is 0 Å². The van der Waals surface area contributed by atoms with Crippen LogP contribution in [0.5, 0.6) is 0 Å². The molecule has 2 aromatic rings. The van der Waals surface area contributed by atoms with Gasteiger partial charge in [0.2, 0.25) is 17.8 Å². The zero-order chi connectivity index (χ0) is 21.4. The molecule has 0 unspecified atom stereocenters. The monoisotopic (exact) mass is 407 g/mol. The number of benzene rings is 1. The van der Waals surface area contributed by atoms with E-state index in [1.807, 2.05) is 6.07 Å². The Kier molecular flexibility index (Phi) is 10.7. The van der Waals surface area contributed by atoms with Crippen LogP contribution >= 0.6 is 0 Å². The zero-order valence-electron chi connectivity index (χ0n) is 17.8. The minimum absolute atomic E-state index is 0.514. The van der Waals surface area contributed by atoms with Crippen molar-refractivity contribution in [2.24, 2.45) is 0 Å². The van der Waals surface area contributed by atoms with Gasteiger partial charge in [0.25, 0.3) is 0 Å². The number of nitrogens with zero attached hydrogens (tertiary/aromatic N) is 4. The molecule has 0 aliphatic rings. The summed E-state index contributed by atoms with van der Waals surface area (Å²) in [6.45, 7) is 14.5. The van der Waals surface area contributed by atoms with E-state index in [1.54, 1.807) is 12.2 Å². The van der Waals surface area contributed by atoms with Crippen molar-refractivity contribution in [3.05, 3.63) is 67.3 Å². The van der Waals surface area contributed by atoms with Crippen molar-refractivity contribution in [3.8, 4) is 0 Å². The maximum atomic E-state index is 4.42. The van der Waals surface area contributed by atoms with E-state index in [-0.39, 0.29) is 0 Å². The van der Waals surface area contributed by atoms with Crippen LogP contribution in [0.1, 0.15) is 18.9 Å². The van der Waals surface area contributed by atoms with Crippen LogP contribution in [0.25, 0.3) is 6.08 Å². The molecule has 0 bridgehead atoms. The fraction of sp³-hybridized carbons (Fsp3) is 0.348. The quantitative estimate of drug-likeness (QED) is 0.305. The van der Waals surface area contributed by atoms with Gasteiger partial charge < -0.3 is 16.0 Å². The molecule has 160 valence electrons. The van der Waals surface area contributed by atoms with Crippen molar-refractivity contribution in [3.63, 3.8) is 0 Å². The third kappa shape index (κ3) is 8.87. The van der Waals surface area contributed by atoms with Gasteiger partial charge in [0.15, 0.2) is 0 Å². The summed E-state index contributed by atoms with van der Waals surface area (Å²) in [4.78, 5) is 15.6. The number of rotatable bonds is 15. The van der Waals surface area contributed by atoms with Gasteiger partial charge in [-0.3, -0.25) is 4.90 Å². The standard InChI is InChI=1S/C23H33N7/c1-4-15-24-21-27-22(25-16-5-2)29-23(28-21)26-17-11-19-30(6-3)18-10-14-20-12-8-7-9-13-20/h4-5,7-10,12-14H,1-2,6,11,15-19H2,3H3,(H3,24,25,26,27,28,29). The van der Waals surface area contributed by atoms with Gasteiger partial charge in [0, 0.05) is 32.7 Å². The molecule has 0 amide bonds. The molecule has 0 fully saturated rings. The molecular formula is C23H33N7. The van der Waals surface area contributed by atoms with Crippen molar-refractivity contribution in [1.29, 1.82) is 0 Å². The van der Waals surface area contributed by atoms with Crippen molar-refractivity contribution < 1.29 is 0 Å². The first-order chi connectivity index (χ1) is 14.7. The molecule has 0 atom stereocenters. The van der Waals surface area contributed by atoms with Crippen LogP contribution in [0, 0.1) is 0 Å². The second kappa shape index (κ2) is 13.9. The van der Waals surface area contributed by atoms with Crippen LogP contribution in [0.4, 0.5) is 17.8 Å². The summed E-state index contributed by atoms with van der Waals surface area (Å²) >= 11 is 0. The Balaban J connectivity index is 1.81. The van der Waals surface area contributed by atoms with Gasteiger partial charge in [0.05, 0.1) is 0 Å². The molecule has 30 heavy (non-hydrogen) atoms. The molecule has 2 rings (SSSR count). The fourth-order valence-electron chi connectivity index (χ4n) is 2.72. The smallest absolute Gasteiger partial charge is 0.229 e. The summed E-state index contributed by atoms with van der Waals surface area (Å²) < 4.78 is 0. The van der Waals surface area contributed by atoms with Gasteiger partial charge in [-0.15, -0.1) is 13.2 Å². The number of hydrogen-bond acceptors (Lipinski definition) is 7. The summed E-state index contributed by atoms with van der Waals surface area (Å²) in [6.07, 6.45) is 8.90. The summed E-state index contributed by atoms with van der Waals surface area (Å²) in [7, 11) is 0. The maximum Gasteiger partial charge on any atom is 0.229 e. The number of aromatic nitrogens is 3. The Hall–Kier alpha value is -3.19. The number of nitrogens with one attached hydrogen (secondary N) is 3. The average Bonchev–Trinajstić information content (AvgIpc) is 2.78. The topological polar surface area (TPSA) is 78.0 Å². The lowest BCUT2D eigenvalue weighted by Gasteiger charge is -2.18. The fourth-order valence-corrected chi connectivity index (χ4v) is 2.72. The third-order valence-corrected chi connectivity index (χ3v) is 4.30. The first kappa shape index (κ1) is 23.1. The van der Waals surface area contributed by atoms with E-state index in [2.05, 4.69) is 92.3 Å². The van der Waals surface area contributed by atoms with E-state index in [0.717, 1.165) is 32.6 Å². The van der Waals surface area contributed by atoms with Crippen LogP contribution in [-0.4, -0.2) is 59.1 Å². The van der Waals surface area contributed by atoms with Crippen LogP contribution < -0.4 is 16.0 Å². The van der Waals surface area contributed by atoms with E-state index in [1.165, 1.54) is 5.56 Å². The minimum Gasteiger partial charge on any atom is -0.354 e. The average molecular weight is 408 g/mol. The van der Waals surface area contributed by atoms with Gasteiger partial charge in [-0.05, 0) is 18.5 Å². The third-order valence-electron chi connectivity index (χ3n) is 4.30. The highest BCUT2D eigenvalue weighted by Gasteiger charge is 2.06. The molecule has 0 saturated carbocycles. The Morgan fingerprint density at radius 3 is 2.07 bits per heavy atom. The van der Waals surface area contributed by atoms with E-state index >= 15 is 0 Å². The molecule has 1 aromatic heterocycles. The first-order valence-corrected chi connectivity index (χ1v) is 10.4. The molecule has 1 heterocycles. The van der Waals surface area contributed by atoms with Gasteiger partial charge in [-0.1, -0.05) is 61.6 Å². The van der Waals surface area contributed by atoms with Crippen molar-refractivity contribution in [2.45, 2.75) is 13.3 Å². The van der Waals surface area contributed by atoms with Crippen molar-refractivity contribution >= 4 is 23.9 Å². The second-order valence-electron chi connectivity index (χ2n) is 6.63.